The molecule has 0 radical (unpaired) electrons. The third kappa shape index (κ3) is 2.94. The second-order valence-corrected chi connectivity index (χ2v) is 6.87. The summed E-state index contributed by atoms with van der Waals surface area (Å²) in [6.07, 6.45) is 7.68. The number of carbonyl (C=O) groups is 1. The van der Waals surface area contributed by atoms with Crippen molar-refractivity contribution in [1.82, 2.24) is 24.3 Å². The standard InChI is InChI=1S/C18H23N5O/c1-21-9-7-20-17(21)13-22-8-5-14-10-16(22)18(24)23(11-14)12-15-4-2-3-6-19-15/h2-4,6-7,9,14,16H,5,8,10-13H2,1H3/t14-,16+/m0/s1. The largest absolute Gasteiger partial charge is 0.337 e. The Bertz CT molecular complexity index is 713. The van der Waals surface area contributed by atoms with E-state index in [2.05, 4.69) is 14.9 Å². The highest BCUT2D eigenvalue weighted by Crippen LogP contribution is 2.31. The summed E-state index contributed by atoms with van der Waals surface area (Å²) >= 11 is 0. The first-order valence-corrected chi connectivity index (χ1v) is 8.59. The Morgan fingerprint density at radius 2 is 2.12 bits per heavy atom. The van der Waals surface area contributed by atoms with Crippen molar-refractivity contribution in [2.45, 2.75) is 32.0 Å². The van der Waals surface area contributed by atoms with Crippen LogP contribution in [0.25, 0.3) is 0 Å². The zero-order valence-electron chi connectivity index (χ0n) is 14.0. The first-order valence-electron chi connectivity index (χ1n) is 8.59. The van der Waals surface area contributed by atoms with Crippen molar-refractivity contribution < 1.29 is 4.79 Å². The van der Waals surface area contributed by atoms with Crippen LogP contribution in [-0.4, -0.2) is 49.4 Å². The van der Waals surface area contributed by atoms with Crippen LogP contribution in [0.1, 0.15) is 24.4 Å². The number of likely N-dealkylation sites (tertiary alicyclic amines) is 2. The molecule has 2 aromatic rings. The second-order valence-electron chi connectivity index (χ2n) is 6.87. The highest BCUT2D eigenvalue weighted by atomic mass is 16.2. The van der Waals surface area contributed by atoms with Crippen LogP contribution in [0.4, 0.5) is 0 Å². The number of nitrogens with zero attached hydrogens (tertiary/aromatic N) is 5. The van der Waals surface area contributed by atoms with E-state index in [0.717, 1.165) is 44.0 Å². The van der Waals surface area contributed by atoms with E-state index in [-0.39, 0.29) is 11.9 Å². The van der Waals surface area contributed by atoms with Crippen LogP contribution in [-0.2, 0) is 24.9 Å². The first-order chi connectivity index (χ1) is 11.7. The molecule has 2 bridgehead atoms. The molecule has 6 heteroatoms. The summed E-state index contributed by atoms with van der Waals surface area (Å²) in [5, 5.41) is 0. The van der Waals surface area contributed by atoms with E-state index < -0.39 is 0 Å². The van der Waals surface area contributed by atoms with Crippen molar-refractivity contribution in [2.24, 2.45) is 13.0 Å². The molecule has 2 aliphatic heterocycles. The summed E-state index contributed by atoms with van der Waals surface area (Å²) in [5.74, 6) is 1.86. The van der Waals surface area contributed by atoms with Crippen molar-refractivity contribution in [2.75, 3.05) is 13.1 Å². The number of imidazole rings is 1. The minimum Gasteiger partial charge on any atom is -0.337 e. The molecule has 0 saturated carbocycles. The number of amides is 1. The highest BCUT2D eigenvalue weighted by molar-refractivity contribution is 5.83. The van der Waals surface area contributed by atoms with Gasteiger partial charge in [0, 0.05) is 32.2 Å². The van der Waals surface area contributed by atoms with Gasteiger partial charge in [-0.1, -0.05) is 6.07 Å². The molecule has 2 aromatic heterocycles. The summed E-state index contributed by atoms with van der Waals surface area (Å²) < 4.78 is 2.03. The molecule has 0 N–H and O–H groups in total. The molecule has 0 aromatic carbocycles. The molecule has 6 nitrogen and oxygen atoms in total. The van der Waals surface area contributed by atoms with E-state index in [9.17, 15) is 4.79 Å². The van der Waals surface area contributed by atoms with Gasteiger partial charge < -0.3 is 9.47 Å². The maximum atomic E-state index is 13.0. The van der Waals surface area contributed by atoms with Crippen LogP contribution in [0.5, 0.6) is 0 Å². The molecule has 1 amide bonds. The van der Waals surface area contributed by atoms with Gasteiger partial charge in [-0.2, -0.15) is 0 Å². The topological polar surface area (TPSA) is 54.3 Å². The van der Waals surface area contributed by atoms with Crippen molar-refractivity contribution >= 4 is 5.91 Å². The van der Waals surface area contributed by atoms with Crippen molar-refractivity contribution in [1.29, 1.82) is 0 Å². The minimum atomic E-state index is -0.0158. The van der Waals surface area contributed by atoms with Gasteiger partial charge in [-0.25, -0.2) is 4.98 Å². The monoisotopic (exact) mass is 325 g/mol. The van der Waals surface area contributed by atoms with Gasteiger partial charge in [0.05, 0.1) is 24.8 Å². The lowest BCUT2D eigenvalue weighted by atomic mass is 9.85. The number of pyridine rings is 1. The molecule has 0 aliphatic carbocycles. The third-order valence-electron chi connectivity index (χ3n) is 5.24. The van der Waals surface area contributed by atoms with E-state index >= 15 is 0 Å². The molecule has 0 unspecified atom stereocenters. The van der Waals surface area contributed by atoms with Crippen molar-refractivity contribution in [3.05, 3.63) is 48.3 Å². The summed E-state index contributed by atoms with van der Waals surface area (Å²) in [4.78, 5) is 26.1. The van der Waals surface area contributed by atoms with E-state index in [1.54, 1.807) is 6.20 Å². The number of aromatic nitrogens is 3. The Kier molecular flexibility index (Phi) is 4.06. The van der Waals surface area contributed by atoms with Crippen molar-refractivity contribution in [3.8, 4) is 0 Å². The van der Waals surface area contributed by atoms with Gasteiger partial charge in [-0.15, -0.1) is 0 Å². The summed E-state index contributed by atoms with van der Waals surface area (Å²) in [5.41, 5.74) is 0.960. The maximum absolute atomic E-state index is 13.0. The normalized spacial score (nSPS) is 24.4. The van der Waals surface area contributed by atoms with Crippen LogP contribution in [0.3, 0.4) is 0 Å². The third-order valence-corrected chi connectivity index (χ3v) is 5.24. The Hall–Kier alpha value is -2.21. The van der Waals surface area contributed by atoms with Crippen LogP contribution in [0.15, 0.2) is 36.8 Å². The van der Waals surface area contributed by atoms with E-state index in [4.69, 9.17) is 0 Å². The molecule has 2 aliphatic rings. The lowest BCUT2D eigenvalue weighted by Crippen LogP contribution is -2.58. The number of hydrogen-bond acceptors (Lipinski definition) is 4. The zero-order chi connectivity index (χ0) is 16.5. The number of fused-ring (bicyclic) bond motifs is 2. The predicted molar refractivity (Wildman–Crippen MR) is 89.8 cm³/mol. The average Bonchev–Trinajstić information content (AvgIpc) is 3.00. The summed E-state index contributed by atoms with van der Waals surface area (Å²) in [7, 11) is 2.01. The molecular weight excluding hydrogens is 302 g/mol. The van der Waals surface area contributed by atoms with Crippen LogP contribution in [0.2, 0.25) is 0 Å². The zero-order valence-corrected chi connectivity index (χ0v) is 14.0. The molecule has 2 saturated heterocycles. The quantitative estimate of drug-likeness (QED) is 0.853. The molecule has 2 atom stereocenters. The predicted octanol–water partition coefficient (Wildman–Crippen LogP) is 1.44. The SMILES string of the molecule is Cn1ccnc1CN1CC[C@H]2C[C@@H]1C(=O)N(Cc1ccccn1)C2. The van der Waals surface area contributed by atoms with E-state index in [1.165, 1.54) is 0 Å². The van der Waals surface area contributed by atoms with Crippen molar-refractivity contribution in [3.63, 3.8) is 0 Å². The molecular formula is C18H23N5O. The smallest absolute Gasteiger partial charge is 0.240 e. The average molecular weight is 325 g/mol. The minimum absolute atomic E-state index is 0.0158. The molecule has 0 spiro atoms. The second kappa shape index (κ2) is 6.36. The maximum Gasteiger partial charge on any atom is 0.240 e. The molecule has 4 rings (SSSR count). The molecule has 126 valence electrons. The first kappa shape index (κ1) is 15.3. The lowest BCUT2D eigenvalue weighted by molar-refractivity contribution is -0.146. The Labute approximate surface area is 142 Å². The number of rotatable bonds is 4. The van der Waals surface area contributed by atoms with Gasteiger partial charge in [0.2, 0.25) is 5.91 Å². The van der Waals surface area contributed by atoms with Gasteiger partial charge in [0.25, 0.3) is 0 Å². The fourth-order valence-corrected chi connectivity index (χ4v) is 3.87. The number of piperidine rings is 2. The van der Waals surface area contributed by atoms with Gasteiger partial charge in [-0.05, 0) is 37.4 Å². The van der Waals surface area contributed by atoms with Crippen LogP contribution < -0.4 is 0 Å². The van der Waals surface area contributed by atoms with Crippen LogP contribution in [0, 0.1) is 5.92 Å². The number of aryl methyl sites for hydroxylation is 1. The Morgan fingerprint density at radius 3 is 2.88 bits per heavy atom. The fourth-order valence-electron chi connectivity index (χ4n) is 3.87. The van der Waals surface area contributed by atoms with Gasteiger partial charge >= 0.3 is 0 Å². The summed E-state index contributed by atoms with van der Waals surface area (Å²) in [6.45, 7) is 3.19. The van der Waals surface area contributed by atoms with Gasteiger partial charge in [0.1, 0.15) is 5.82 Å². The Morgan fingerprint density at radius 1 is 1.21 bits per heavy atom. The summed E-state index contributed by atoms with van der Waals surface area (Å²) in [6, 6.07) is 5.86. The lowest BCUT2D eigenvalue weighted by Gasteiger charge is -2.46. The van der Waals surface area contributed by atoms with Gasteiger partial charge in [-0.3, -0.25) is 14.7 Å². The highest BCUT2D eigenvalue weighted by Gasteiger charge is 2.41. The number of carbonyl (C=O) groups excluding carboxylic acids is 1. The van der Waals surface area contributed by atoms with Crippen LogP contribution >= 0.6 is 0 Å². The van der Waals surface area contributed by atoms with E-state index in [0.29, 0.717) is 12.5 Å². The molecule has 24 heavy (non-hydrogen) atoms. The van der Waals surface area contributed by atoms with E-state index in [1.807, 2.05) is 47.1 Å². The number of hydrogen-bond donors (Lipinski definition) is 0. The molecule has 4 heterocycles. The Balaban J connectivity index is 1.49. The van der Waals surface area contributed by atoms with Gasteiger partial charge in [0.15, 0.2) is 0 Å². The fraction of sp³-hybridized carbons (Fsp3) is 0.500. The molecule has 2 fully saturated rings.